The Labute approximate surface area is 128 Å². The molecule has 3 N–H and O–H groups in total. The maximum Gasteiger partial charge on any atom is 0.281 e. The minimum absolute atomic E-state index is 0.169. The zero-order chi connectivity index (χ0) is 15.4. The molecule has 0 atom stereocenters. The number of amides is 1. The van der Waals surface area contributed by atoms with Crippen LogP contribution in [0.3, 0.4) is 0 Å². The van der Waals surface area contributed by atoms with Crippen molar-refractivity contribution < 1.29 is 4.79 Å². The molecule has 1 heterocycles. The first-order valence-corrected chi connectivity index (χ1v) is 7.62. The summed E-state index contributed by atoms with van der Waals surface area (Å²) in [5.41, 5.74) is 11.8. The van der Waals surface area contributed by atoms with Crippen LogP contribution in [0.2, 0.25) is 0 Å². The van der Waals surface area contributed by atoms with Gasteiger partial charge in [-0.25, -0.2) is 5.43 Å². The predicted molar refractivity (Wildman–Crippen MR) is 89.0 cm³/mol. The molecule has 0 saturated carbocycles. The molecule has 4 nitrogen and oxygen atoms in total. The highest BCUT2D eigenvalue weighted by molar-refractivity contribution is 7.14. The van der Waals surface area contributed by atoms with Gasteiger partial charge < -0.3 is 5.73 Å². The van der Waals surface area contributed by atoms with Crippen molar-refractivity contribution in [1.29, 1.82) is 0 Å². The van der Waals surface area contributed by atoms with Crippen molar-refractivity contribution in [1.82, 2.24) is 5.43 Å². The number of hydrogen-bond donors (Lipinski definition) is 2. The van der Waals surface area contributed by atoms with Crippen molar-refractivity contribution in [3.63, 3.8) is 0 Å². The van der Waals surface area contributed by atoms with Gasteiger partial charge >= 0.3 is 0 Å². The molecule has 0 saturated heterocycles. The van der Waals surface area contributed by atoms with E-state index in [9.17, 15) is 4.79 Å². The smallest absolute Gasteiger partial charge is 0.281 e. The maximum absolute atomic E-state index is 12.1. The van der Waals surface area contributed by atoms with Crippen LogP contribution < -0.4 is 11.2 Å². The molecule has 0 aliphatic heterocycles. The largest absolute Gasteiger partial charge is 0.399 e. The first-order chi connectivity index (χ1) is 10.0. The molecule has 0 aliphatic carbocycles. The Kier molecular flexibility index (Phi) is 4.75. The SMILES string of the molecule is CCc1sc(C(=O)N/N=C(/C)c2ccc(N)cc2)cc1C. The zero-order valence-corrected chi connectivity index (χ0v) is 13.3. The molecule has 1 amide bonds. The fraction of sp³-hybridized carbons (Fsp3) is 0.250. The number of nitrogens with zero attached hydrogens (tertiary/aromatic N) is 1. The Balaban J connectivity index is 2.08. The van der Waals surface area contributed by atoms with Crippen LogP contribution in [-0.2, 0) is 6.42 Å². The van der Waals surface area contributed by atoms with E-state index in [0.717, 1.165) is 23.3 Å². The van der Waals surface area contributed by atoms with Crippen molar-refractivity contribution in [3.05, 3.63) is 51.2 Å². The summed E-state index contributed by atoms with van der Waals surface area (Å²) < 4.78 is 0. The molecule has 1 aromatic carbocycles. The van der Waals surface area contributed by atoms with Crippen LogP contribution in [0.15, 0.2) is 35.4 Å². The standard InChI is InChI=1S/C16H19N3OS/c1-4-14-10(2)9-15(21-14)16(20)19-18-11(3)12-5-7-13(17)8-6-12/h5-9H,4,17H2,1-3H3,(H,19,20)/b18-11-. The summed E-state index contributed by atoms with van der Waals surface area (Å²) >= 11 is 1.52. The lowest BCUT2D eigenvalue weighted by molar-refractivity contribution is 0.0959. The van der Waals surface area contributed by atoms with E-state index >= 15 is 0 Å². The van der Waals surface area contributed by atoms with Crippen molar-refractivity contribution >= 4 is 28.6 Å². The number of carbonyl (C=O) groups excluding carboxylic acids is 1. The first-order valence-electron chi connectivity index (χ1n) is 6.81. The highest BCUT2D eigenvalue weighted by Crippen LogP contribution is 2.22. The second kappa shape index (κ2) is 6.54. The van der Waals surface area contributed by atoms with E-state index in [1.807, 2.05) is 44.2 Å². The summed E-state index contributed by atoms with van der Waals surface area (Å²) in [6, 6.07) is 9.29. The molecule has 2 aromatic rings. The Morgan fingerprint density at radius 1 is 1.33 bits per heavy atom. The average Bonchev–Trinajstić information content (AvgIpc) is 2.86. The van der Waals surface area contributed by atoms with Gasteiger partial charge in [0.25, 0.3) is 5.91 Å². The normalized spacial score (nSPS) is 11.5. The fourth-order valence-corrected chi connectivity index (χ4v) is 2.97. The number of anilines is 1. The average molecular weight is 301 g/mol. The van der Waals surface area contributed by atoms with Gasteiger partial charge in [0.2, 0.25) is 0 Å². The van der Waals surface area contributed by atoms with Crippen molar-refractivity contribution in [3.8, 4) is 0 Å². The van der Waals surface area contributed by atoms with Crippen LogP contribution in [0.25, 0.3) is 0 Å². The third-order valence-electron chi connectivity index (χ3n) is 3.22. The molecule has 0 spiro atoms. The lowest BCUT2D eigenvalue weighted by Gasteiger charge is -2.02. The van der Waals surface area contributed by atoms with E-state index in [-0.39, 0.29) is 5.91 Å². The lowest BCUT2D eigenvalue weighted by atomic mass is 10.1. The quantitative estimate of drug-likeness (QED) is 0.516. The Morgan fingerprint density at radius 3 is 2.57 bits per heavy atom. The summed E-state index contributed by atoms with van der Waals surface area (Å²) in [6.07, 6.45) is 0.942. The van der Waals surface area contributed by atoms with Gasteiger partial charge in [-0.15, -0.1) is 11.3 Å². The van der Waals surface area contributed by atoms with Crippen LogP contribution in [0.4, 0.5) is 5.69 Å². The molecule has 5 heteroatoms. The molecule has 0 fully saturated rings. The molecule has 1 aromatic heterocycles. The number of nitrogens with two attached hydrogens (primary N) is 1. The number of benzene rings is 1. The van der Waals surface area contributed by atoms with Gasteiger partial charge in [-0.05, 0) is 49.6 Å². The molecule has 110 valence electrons. The number of thiophene rings is 1. The topological polar surface area (TPSA) is 67.5 Å². The van der Waals surface area contributed by atoms with Crippen molar-refractivity contribution in [2.45, 2.75) is 27.2 Å². The second-order valence-corrected chi connectivity index (χ2v) is 5.97. The molecule has 2 rings (SSSR count). The second-order valence-electron chi connectivity index (χ2n) is 4.83. The highest BCUT2D eigenvalue weighted by Gasteiger charge is 2.11. The summed E-state index contributed by atoms with van der Waals surface area (Å²) in [6.45, 7) is 5.96. The summed E-state index contributed by atoms with van der Waals surface area (Å²) in [5, 5.41) is 4.15. The minimum Gasteiger partial charge on any atom is -0.399 e. The van der Waals surface area contributed by atoms with Gasteiger partial charge in [-0.2, -0.15) is 5.10 Å². The number of aryl methyl sites for hydroxylation is 2. The van der Waals surface area contributed by atoms with E-state index in [1.54, 1.807) is 0 Å². The summed E-state index contributed by atoms with van der Waals surface area (Å²) in [5.74, 6) is -0.169. The van der Waals surface area contributed by atoms with E-state index in [0.29, 0.717) is 10.6 Å². The van der Waals surface area contributed by atoms with E-state index in [4.69, 9.17) is 5.73 Å². The van der Waals surface area contributed by atoms with Gasteiger partial charge in [0, 0.05) is 10.6 Å². The monoisotopic (exact) mass is 301 g/mol. The number of nitrogen functional groups attached to an aromatic ring is 1. The summed E-state index contributed by atoms with van der Waals surface area (Å²) in [4.78, 5) is 14.0. The van der Waals surface area contributed by atoms with E-state index in [2.05, 4.69) is 17.5 Å². The van der Waals surface area contributed by atoms with Crippen LogP contribution in [0.5, 0.6) is 0 Å². The van der Waals surface area contributed by atoms with Gasteiger partial charge in [0.05, 0.1) is 10.6 Å². The third kappa shape index (κ3) is 3.70. The summed E-state index contributed by atoms with van der Waals surface area (Å²) in [7, 11) is 0. The molecular weight excluding hydrogens is 282 g/mol. The van der Waals surface area contributed by atoms with Gasteiger partial charge in [0.1, 0.15) is 0 Å². The van der Waals surface area contributed by atoms with Crippen LogP contribution in [0.1, 0.15) is 39.5 Å². The predicted octanol–water partition coefficient (Wildman–Crippen LogP) is 3.36. The van der Waals surface area contributed by atoms with E-state index < -0.39 is 0 Å². The molecule has 0 radical (unpaired) electrons. The molecular formula is C16H19N3OS. The Bertz CT molecular complexity index is 671. The number of hydrazone groups is 1. The number of rotatable bonds is 4. The Hall–Kier alpha value is -2.14. The molecule has 21 heavy (non-hydrogen) atoms. The molecule has 0 unspecified atom stereocenters. The fourth-order valence-electron chi connectivity index (χ4n) is 1.96. The molecule has 0 aliphatic rings. The number of nitrogens with one attached hydrogen (secondary N) is 1. The minimum atomic E-state index is -0.169. The zero-order valence-electron chi connectivity index (χ0n) is 12.4. The van der Waals surface area contributed by atoms with Crippen molar-refractivity contribution in [2.24, 2.45) is 5.10 Å². The highest BCUT2D eigenvalue weighted by atomic mass is 32.1. The number of carbonyl (C=O) groups is 1. The third-order valence-corrected chi connectivity index (χ3v) is 4.60. The lowest BCUT2D eigenvalue weighted by Crippen LogP contribution is -2.18. The van der Waals surface area contributed by atoms with Crippen molar-refractivity contribution in [2.75, 3.05) is 5.73 Å². The van der Waals surface area contributed by atoms with Crippen LogP contribution in [0, 0.1) is 6.92 Å². The van der Waals surface area contributed by atoms with Gasteiger partial charge in [-0.3, -0.25) is 4.79 Å². The number of hydrogen-bond acceptors (Lipinski definition) is 4. The van der Waals surface area contributed by atoms with Crippen LogP contribution >= 0.6 is 11.3 Å². The maximum atomic E-state index is 12.1. The van der Waals surface area contributed by atoms with E-state index in [1.165, 1.54) is 16.2 Å². The van der Waals surface area contributed by atoms with Gasteiger partial charge in [0.15, 0.2) is 0 Å². The molecule has 0 bridgehead atoms. The van der Waals surface area contributed by atoms with Gasteiger partial charge in [-0.1, -0.05) is 19.1 Å². The first kappa shape index (κ1) is 15.3. The van der Waals surface area contributed by atoms with Crippen LogP contribution in [-0.4, -0.2) is 11.6 Å². The Morgan fingerprint density at radius 2 is 2.00 bits per heavy atom.